The Morgan fingerprint density at radius 1 is 1.37 bits per heavy atom. The van der Waals surface area contributed by atoms with E-state index in [2.05, 4.69) is 17.2 Å². The minimum absolute atomic E-state index is 0.131. The number of aliphatic hydroxyl groups excluding tert-OH is 1. The summed E-state index contributed by atoms with van der Waals surface area (Å²) in [6, 6.07) is 9.81. The van der Waals surface area contributed by atoms with Crippen molar-refractivity contribution in [2.45, 2.75) is 30.6 Å². The lowest BCUT2D eigenvalue weighted by Gasteiger charge is -2.29. The number of aromatic nitrogens is 3. The van der Waals surface area contributed by atoms with Crippen molar-refractivity contribution in [1.82, 2.24) is 15.0 Å². The number of nitrogens with zero attached hydrogens (tertiary/aromatic N) is 3. The lowest BCUT2D eigenvalue weighted by molar-refractivity contribution is 0.128. The van der Waals surface area contributed by atoms with Crippen molar-refractivity contribution in [3.63, 3.8) is 0 Å². The van der Waals surface area contributed by atoms with E-state index < -0.39 is 6.10 Å². The van der Waals surface area contributed by atoms with E-state index in [9.17, 15) is 5.11 Å². The van der Waals surface area contributed by atoms with Crippen LogP contribution < -0.4 is 0 Å². The molecule has 2 unspecified atom stereocenters. The predicted molar refractivity (Wildman–Crippen MR) is 76.4 cm³/mol. The fourth-order valence-corrected chi connectivity index (χ4v) is 3.85. The molecule has 19 heavy (non-hydrogen) atoms. The zero-order valence-corrected chi connectivity index (χ0v) is 11.7. The van der Waals surface area contributed by atoms with Crippen LogP contribution in [0.25, 0.3) is 5.69 Å². The molecule has 3 rings (SSSR count). The van der Waals surface area contributed by atoms with Gasteiger partial charge in [-0.05, 0) is 37.7 Å². The lowest BCUT2D eigenvalue weighted by Crippen LogP contribution is -2.28. The quantitative estimate of drug-likeness (QED) is 0.935. The van der Waals surface area contributed by atoms with Crippen LogP contribution in [0.15, 0.2) is 36.5 Å². The first-order valence-electron chi connectivity index (χ1n) is 6.49. The maximum atomic E-state index is 10.7. The molecule has 100 valence electrons. The van der Waals surface area contributed by atoms with Gasteiger partial charge in [0.05, 0.1) is 17.6 Å². The van der Waals surface area contributed by atoms with E-state index in [1.54, 1.807) is 10.9 Å². The van der Waals surface area contributed by atoms with Gasteiger partial charge in [0.1, 0.15) is 6.10 Å². The molecular formula is C14H17N3OS. The molecule has 1 aromatic carbocycles. The van der Waals surface area contributed by atoms with Gasteiger partial charge >= 0.3 is 0 Å². The summed E-state index contributed by atoms with van der Waals surface area (Å²) in [5.74, 6) is 1.11. The zero-order chi connectivity index (χ0) is 13.3. The Morgan fingerprint density at radius 3 is 2.84 bits per heavy atom. The summed E-state index contributed by atoms with van der Waals surface area (Å²) in [6.07, 6.45) is 3.31. The van der Waals surface area contributed by atoms with Gasteiger partial charge in [-0.3, -0.25) is 0 Å². The van der Waals surface area contributed by atoms with Crippen LogP contribution in [0.3, 0.4) is 0 Å². The molecule has 2 atom stereocenters. The number of hydrogen-bond donors (Lipinski definition) is 1. The number of thioether (sulfide) groups is 1. The lowest BCUT2D eigenvalue weighted by atomic mass is 9.96. The van der Waals surface area contributed by atoms with Crippen LogP contribution in [0, 0.1) is 0 Å². The summed E-state index contributed by atoms with van der Waals surface area (Å²) in [5, 5.41) is 18.8. The molecule has 1 saturated heterocycles. The standard InChI is InChI=1S/C14H17N3OS/c1-14(8-5-9-19-14)13(18)12-10-15-16-17(12)11-6-3-2-4-7-11/h2-4,6-7,10,13,18H,5,8-9H2,1H3. The molecule has 2 heterocycles. The van der Waals surface area contributed by atoms with Crippen LogP contribution in [0.1, 0.15) is 31.6 Å². The third kappa shape index (κ3) is 2.28. The molecule has 1 aromatic heterocycles. The maximum Gasteiger partial charge on any atom is 0.112 e. The van der Waals surface area contributed by atoms with E-state index in [-0.39, 0.29) is 4.75 Å². The Kier molecular flexibility index (Phi) is 3.33. The van der Waals surface area contributed by atoms with Crippen LogP contribution in [0.2, 0.25) is 0 Å². The van der Waals surface area contributed by atoms with E-state index in [0.717, 1.165) is 30.0 Å². The summed E-state index contributed by atoms with van der Waals surface area (Å²) in [7, 11) is 0. The van der Waals surface area contributed by atoms with Crippen molar-refractivity contribution in [1.29, 1.82) is 0 Å². The second kappa shape index (κ2) is 4.98. The Bertz CT molecular complexity index is 549. The van der Waals surface area contributed by atoms with Gasteiger partial charge in [0.15, 0.2) is 0 Å². The van der Waals surface area contributed by atoms with Gasteiger partial charge in [-0.15, -0.1) is 5.10 Å². The normalized spacial score (nSPS) is 24.5. The third-order valence-electron chi connectivity index (χ3n) is 3.68. The first kappa shape index (κ1) is 12.7. The van der Waals surface area contributed by atoms with Gasteiger partial charge in [0, 0.05) is 4.75 Å². The van der Waals surface area contributed by atoms with Crippen molar-refractivity contribution in [2.24, 2.45) is 0 Å². The summed E-state index contributed by atoms with van der Waals surface area (Å²) >= 11 is 1.84. The van der Waals surface area contributed by atoms with Gasteiger partial charge in [-0.1, -0.05) is 23.4 Å². The van der Waals surface area contributed by atoms with Gasteiger partial charge < -0.3 is 5.11 Å². The van der Waals surface area contributed by atoms with Gasteiger partial charge in [0.2, 0.25) is 0 Å². The third-order valence-corrected chi connectivity index (χ3v) is 5.26. The Balaban J connectivity index is 1.96. The average molecular weight is 275 g/mol. The van der Waals surface area contributed by atoms with E-state index in [1.807, 2.05) is 42.1 Å². The molecule has 4 nitrogen and oxygen atoms in total. The highest BCUT2D eigenvalue weighted by molar-refractivity contribution is 8.00. The molecule has 1 aliphatic heterocycles. The largest absolute Gasteiger partial charge is 0.385 e. The van der Waals surface area contributed by atoms with Crippen molar-refractivity contribution in [3.8, 4) is 5.69 Å². The number of para-hydroxylation sites is 1. The van der Waals surface area contributed by atoms with E-state index in [1.165, 1.54) is 0 Å². The SMILES string of the molecule is CC1(C(O)c2cnnn2-c2ccccc2)CCCS1. The summed E-state index contributed by atoms with van der Waals surface area (Å²) in [4.78, 5) is 0. The van der Waals surface area contributed by atoms with E-state index in [0.29, 0.717) is 0 Å². The summed E-state index contributed by atoms with van der Waals surface area (Å²) in [6.45, 7) is 2.12. The molecule has 1 aliphatic rings. The van der Waals surface area contributed by atoms with E-state index in [4.69, 9.17) is 0 Å². The highest BCUT2D eigenvalue weighted by Crippen LogP contribution is 2.46. The minimum atomic E-state index is -0.546. The maximum absolute atomic E-state index is 10.7. The molecular weight excluding hydrogens is 258 g/mol. The number of aliphatic hydroxyl groups is 1. The number of hydrogen-bond acceptors (Lipinski definition) is 4. The fraction of sp³-hybridized carbons (Fsp3) is 0.429. The molecule has 0 aliphatic carbocycles. The molecule has 2 aromatic rings. The van der Waals surface area contributed by atoms with Crippen LogP contribution >= 0.6 is 11.8 Å². The Labute approximate surface area is 116 Å². The van der Waals surface area contributed by atoms with Crippen LogP contribution in [0.5, 0.6) is 0 Å². The molecule has 0 saturated carbocycles. The molecule has 5 heteroatoms. The molecule has 0 spiro atoms. The molecule has 1 fully saturated rings. The van der Waals surface area contributed by atoms with Gasteiger partial charge in [0.25, 0.3) is 0 Å². The Morgan fingerprint density at radius 2 is 2.16 bits per heavy atom. The highest BCUT2D eigenvalue weighted by atomic mass is 32.2. The highest BCUT2D eigenvalue weighted by Gasteiger charge is 2.39. The molecule has 0 amide bonds. The topological polar surface area (TPSA) is 50.9 Å². The molecule has 1 N–H and O–H groups in total. The Hall–Kier alpha value is -1.33. The van der Waals surface area contributed by atoms with Crippen LogP contribution in [-0.2, 0) is 0 Å². The summed E-state index contributed by atoms with van der Waals surface area (Å²) < 4.78 is 1.60. The zero-order valence-electron chi connectivity index (χ0n) is 10.9. The molecule has 0 bridgehead atoms. The summed E-state index contributed by atoms with van der Waals surface area (Å²) in [5.41, 5.74) is 1.70. The fourth-order valence-electron chi connectivity index (χ4n) is 2.53. The van der Waals surface area contributed by atoms with Crippen molar-refractivity contribution >= 4 is 11.8 Å². The first-order valence-corrected chi connectivity index (χ1v) is 7.47. The first-order chi connectivity index (χ1) is 9.21. The van der Waals surface area contributed by atoms with Crippen molar-refractivity contribution < 1.29 is 5.11 Å². The van der Waals surface area contributed by atoms with Gasteiger partial charge in [-0.25, -0.2) is 4.68 Å². The number of rotatable bonds is 3. The van der Waals surface area contributed by atoms with E-state index >= 15 is 0 Å². The molecule has 0 radical (unpaired) electrons. The van der Waals surface area contributed by atoms with Gasteiger partial charge in [-0.2, -0.15) is 11.8 Å². The smallest absolute Gasteiger partial charge is 0.112 e. The average Bonchev–Trinajstić information content (AvgIpc) is 3.08. The second-order valence-electron chi connectivity index (χ2n) is 5.07. The van der Waals surface area contributed by atoms with Crippen LogP contribution in [-0.4, -0.2) is 30.6 Å². The number of benzene rings is 1. The minimum Gasteiger partial charge on any atom is -0.385 e. The monoisotopic (exact) mass is 275 g/mol. The van der Waals surface area contributed by atoms with Crippen molar-refractivity contribution in [2.75, 3.05) is 5.75 Å². The second-order valence-corrected chi connectivity index (χ2v) is 6.70. The predicted octanol–water partition coefficient (Wildman–Crippen LogP) is 2.59. The van der Waals surface area contributed by atoms with Crippen LogP contribution in [0.4, 0.5) is 0 Å². The van der Waals surface area contributed by atoms with Crippen molar-refractivity contribution in [3.05, 3.63) is 42.2 Å².